The molecule has 0 radical (unpaired) electrons. The molecule has 104 valence electrons. The smallest absolute Gasteiger partial charge is 0.255 e. The molecule has 0 aliphatic rings. The molecule has 0 spiro atoms. The molecule has 0 bridgehead atoms. The zero-order valence-electron chi connectivity index (χ0n) is 11.1. The molecule has 2 N–H and O–H groups in total. The summed E-state index contributed by atoms with van der Waals surface area (Å²) in [5.41, 5.74) is 2.64. The highest BCUT2D eigenvalue weighted by molar-refractivity contribution is 6.33. The average Bonchev–Trinajstić information content (AvgIpc) is 2.42. The van der Waals surface area contributed by atoms with Gasteiger partial charge in [0.2, 0.25) is 0 Å². The second-order valence-electron chi connectivity index (χ2n) is 4.36. The van der Waals surface area contributed by atoms with Crippen LogP contribution in [0.15, 0.2) is 36.4 Å². The summed E-state index contributed by atoms with van der Waals surface area (Å²) in [7, 11) is 1.81. The van der Waals surface area contributed by atoms with Crippen molar-refractivity contribution >= 4 is 28.9 Å². The second kappa shape index (κ2) is 5.92. The molecule has 1 amide bonds. The molecular formula is C15H14ClFN2O. The van der Waals surface area contributed by atoms with Gasteiger partial charge in [-0.05, 0) is 48.9 Å². The summed E-state index contributed by atoms with van der Waals surface area (Å²) in [5.74, 6) is -0.783. The summed E-state index contributed by atoms with van der Waals surface area (Å²) in [5, 5.41) is 5.92. The monoisotopic (exact) mass is 292 g/mol. The van der Waals surface area contributed by atoms with Crippen molar-refractivity contribution in [2.45, 2.75) is 6.92 Å². The van der Waals surface area contributed by atoms with E-state index >= 15 is 0 Å². The van der Waals surface area contributed by atoms with Gasteiger partial charge < -0.3 is 10.6 Å². The number of rotatable bonds is 3. The Morgan fingerprint density at radius 1 is 1.15 bits per heavy atom. The predicted octanol–water partition coefficient (Wildman–Crippen LogP) is 4.08. The number of hydrogen-bond donors (Lipinski definition) is 2. The van der Waals surface area contributed by atoms with Crippen molar-refractivity contribution in [1.29, 1.82) is 0 Å². The molecule has 0 fully saturated rings. The molecule has 0 unspecified atom stereocenters. The quantitative estimate of drug-likeness (QED) is 0.895. The summed E-state index contributed by atoms with van der Waals surface area (Å²) in [6.07, 6.45) is 0. The Bertz CT molecular complexity index is 658. The number of anilines is 2. The number of halogens is 2. The lowest BCUT2D eigenvalue weighted by Gasteiger charge is -2.10. The highest BCUT2D eigenvalue weighted by Crippen LogP contribution is 2.23. The van der Waals surface area contributed by atoms with E-state index in [1.807, 2.05) is 20.0 Å². The van der Waals surface area contributed by atoms with E-state index in [0.29, 0.717) is 10.6 Å². The van der Waals surface area contributed by atoms with E-state index in [9.17, 15) is 9.18 Å². The van der Waals surface area contributed by atoms with E-state index in [2.05, 4.69) is 10.6 Å². The molecule has 0 aliphatic heterocycles. The topological polar surface area (TPSA) is 41.1 Å². The number of benzene rings is 2. The lowest BCUT2D eigenvalue weighted by atomic mass is 10.1. The number of carbonyl (C=O) groups is 1. The maximum atomic E-state index is 13.1. The molecule has 0 aliphatic carbocycles. The van der Waals surface area contributed by atoms with Gasteiger partial charge in [0.25, 0.3) is 5.91 Å². The molecule has 0 atom stereocenters. The number of amides is 1. The summed E-state index contributed by atoms with van der Waals surface area (Å²) in [6.45, 7) is 1.90. The van der Waals surface area contributed by atoms with Crippen molar-refractivity contribution < 1.29 is 9.18 Å². The molecule has 0 saturated heterocycles. The minimum absolute atomic E-state index is 0.256. The fraction of sp³-hybridized carbons (Fsp3) is 0.133. The van der Waals surface area contributed by atoms with Crippen molar-refractivity contribution in [1.82, 2.24) is 0 Å². The molecule has 0 heterocycles. The number of carbonyl (C=O) groups excluding carboxylic acids is 1. The molecule has 2 rings (SSSR count). The van der Waals surface area contributed by atoms with Gasteiger partial charge in [-0.1, -0.05) is 11.6 Å². The van der Waals surface area contributed by atoms with Crippen LogP contribution in [0, 0.1) is 12.7 Å². The lowest BCUT2D eigenvalue weighted by Crippen LogP contribution is -2.12. The van der Waals surface area contributed by atoms with Crippen LogP contribution in [0.5, 0.6) is 0 Å². The highest BCUT2D eigenvalue weighted by Gasteiger charge is 2.10. The van der Waals surface area contributed by atoms with Crippen LogP contribution in [0.3, 0.4) is 0 Å². The van der Waals surface area contributed by atoms with Gasteiger partial charge >= 0.3 is 0 Å². The van der Waals surface area contributed by atoms with Gasteiger partial charge in [0, 0.05) is 18.3 Å². The Hall–Kier alpha value is -2.07. The zero-order chi connectivity index (χ0) is 14.7. The predicted molar refractivity (Wildman–Crippen MR) is 80.1 cm³/mol. The summed E-state index contributed by atoms with van der Waals surface area (Å²) in [4.78, 5) is 12.1. The van der Waals surface area contributed by atoms with Crippen molar-refractivity contribution in [3.63, 3.8) is 0 Å². The molecule has 20 heavy (non-hydrogen) atoms. The lowest BCUT2D eigenvalue weighted by molar-refractivity contribution is 0.102. The maximum absolute atomic E-state index is 13.1. The van der Waals surface area contributed by atoms with Gasteiger partial charge in [-0.2, -0.15) is 0 Å². The molecule has 2 aromatic carbocycles. The Balaban J connectivity index is 2.24. The van der Waals surface area contributed by atoms with E-state index < -0.39 is 5.82 Å². The van der Waals surface area contributed by atoms with Gasteiger partial charge in [0.15, 0.2) is 0 Å². The first kappa shape index (κ1) is 14.3. The summed E-state index contributed by atoms with van der Waals surface area (Å²) < 4.78 is 13.1. The first-order valence-corrected chi connectivity index (χ1v) is 6.44. The van der Waals surface area contributed by atoms with Gasteiger partial charge in [-0.25, -0.2) is 4.39 Å². The van der Waals surface area contributed by atoms with E-state index in [0.717, 1.165) is 11.3 Å². The van der Waals surface area contributed by atoms with Crippen molar-refractivity contribution in [2.24, 2.45) is 0 Å². The van der Waals surface area contributed by atoms with Gasteiger partial charge in [-0.3, -0.25) is 4.79 Å². The summed E-state index contributed by atoms with van der Waals surface area (Å²) >= 11 is 5.92. The number of nitrogens with one attached hydrogen (secondary N) is 2. The Morgan fingerprint density at radius 2 is 1.90 bits per heavy atom. The fourth-order valence-electron chi connectivity index (χ4n) is 1.87. The first-order chi connectivity index (χ1) is 9.51. The third-order valence-corrected chi connectivity index (χ3v) is 3.26. The van der Waals surface area contributed by atoms with E-state index in [1.54, 1.807) is 12.1 Å². The number of aryl methyl sites for hydroxylation is 1. The maximum Gasteiger partial charge on any atom is 0.255 e. The molecule has 0 aromatic heterocycles. The Kier molecular flexibility index (Phi) is 4.25. The largest absolute Gasteiger partial charge is 0.388 e. The average molecular weight is 293 g/mol. The minimum atomic E-state index is -0.452. The highest BCUT2D eigenvalue weighted by atomic mass is 35.5. The zero-order valence-corrected chi connectivity index (χ0v) is 11.9. The van der Waals surface area contributed by atoms with E-state index in [4.69, 9.17) is 11.6 Å². The third kappa shape index (κ3) is 3.08. The second-order valence-corrected chi connectivity index (χ2v) is 4.77. The number of hydrogen-bond acceptors (Lipinski definition) is 2. The fourth-order valence-corrected chi connectivity index (χ4v) is 2.04. The van der Waals surface area contributed by atoms with Crippen LogP contribution in [-0.4, -0.2) is 13.0 Å². The Morgan fingerprint density at radius 3 is 2.55 bits per heavy atom. The van der Waals surface area contributed by atoms with E-state index in [-0.39, 0.29) is 11.6 Å². The van der Waals surface area contributed by atoms with Gasteiger partial charge in [0.05, 0.1) is 10.7 Å². The van der Waals surface area contributed by atoms with Crippen molar-refractivity contribution in [3.05, 3.63) is 58.4 Å². The van der Waals surface area contributed by atoms with Crippen LogP contribution in [0.4, 0.5) is 15.8 Å². The third-order valence-electron chi connectivity index (χ3n) is 2.93. The molecule has 2 aromatic rings. The van der Waals surface area contributed by atoms with Crippen LogP contribution < -0.4 is 10.6 Å². The van der Waals surface area contributed by atoms with Crippen LogP contribution in [0.2, 0.25) is 5.02 Å². The van der Waals surface area contributed by atoms with Crippen LogP contribution in [0.1, 0.15) is 15.9 Å². The summed E-state index contributed by atoms with van der Waals surface area (Å²) in [6, 6.07) is 9.11. The molecule has 0 saturated carbocycles. The van der Waals surface area contributed by atoms with Crippen LogP contribution >= 0.6 is 11.6 Å². The van der Waals surface area contributed by atoms with Crippen LogP contribution in [0.25, 0.3) is 0 Å². The molecule has 5 heteroatoms. The SMILES string of the molecule is CNc1ccc(C(=O)Nc2cc(F)ccc2Cl)cc1C. The van der Waals surface area contributed by atoms with Crippen molar-refractivity contribution in [3.8, 4) is 0 Å². The Labute approximate surface area is 121 Å². The molecular weight excluding hydrogens is 279 g/mol. The standard InChI is InChI=1S/C15H14ClFN2O/c1-9-7-10(3-6-13(9)18-2)15(20)19-14-8-11(17)4-5-12(14)16/h3-8,18H,1-2H3,(H,19,20). The normalized spacial score (nSPS) is 10.2. The van der Waals surface area contributed by atoms with Crippen molar-refractivity contribution in [2.75, 3.05) is 17.7 Å². The van der Waals surface area contributed by atoms with Gasteiger partial charge in [-0.15, -0.1) is 0 Å². The van der Waals surface area contributed by atoms with Gasteiger partial charge in [0.1, 0.15) is 5.82 Å². The van der Waals surface area contributed by atoms with Crippen LogP contribution in [-0.2, 0) is 0 Å². The first-order valence-electron chi connectivity index (χ1n) is 6.06. The molecule has 3 nitrogen and oxygen atoms in total. The minimum Gasteiger partial charge on any atom is -0.388 e. The van der Waals surface area contributed by atoms with E-state index in [1.165, 1.54) is 18.2 Å².